The van der Waals surface area contributed by atoms with Crippen LogP contribution in [0.15, 0.2) is 224 Å². The van der Waals surface area contributed by atoms with Crippen molar-refractivity contribution in [2.24, 2.45) is 0 Å². The number of rotatable bonds is 12. The molecule has 0 bridgehead atoms. The van der Waals surface area contributed by atoms with E-state index in [1.54, 1.807) is 11.1 Å². The zero-order valence-electron chi connectivity index (χ0n) is 55.9. The maximum atomic E-state index is 2.82. The van der Waals surface area contributed by atoms with Gasteiger partial charge in [0.2, 0.25) is 0 Å². The number of benzene rings is 10. The summed E-state index contributed by atoms with van der Waals surface area (Å²) >= 11 is 1.98. The third-order valence-electron chi connectivity index (χ3n) is 21.5. The SMILES string of the molecule is CCC1(CC)CCC(CC)(CC)c2c1ccc(-c1ccccc1)c2N1c2cc(N(c3ccc(C(C)(C)C)cc3)c3ccc(C(C)(C)C)cc3-c3ccccc3)ccc2B2c3sc4ccc(-c5ccccc5)cc4c3N(c3ccc(C(C)(C)C)cc3)c3cccc1c32. The molecule has 3 aliphatic rings. The Morgan fingerprint density at radius 2 is 0.967 bits per heavy atom. The number of hydrogen-bond donors (Lipinski definition) is 0. The van der Waals surface area contributed by atoms with Gasteiger partial charge in [0, 0.05) is 60.1 Å². The molecule has 2 aliphatic heterocycles. The first-order valence-electron chi connectivity index (χ1n) is 33.7. The van der Waals surface area contributed by atoms with Crippen LogP contribution in [0.1, 0.15) is 156 Å². The van der Waals surface area contributed by atoms with Gasteiger partial charge in [-0.15, -0.1) is 11.3 Å². The molecule has 0 N–H and O–H groups in total. The van der Waals surface area contributed by atoms with E-state index in [-0.39, 0.29) is 33.8 Å². The fourth-order valence-electron chi connectivity index (χ4n) is 15.9. The number of hydrogen-bond acceptors (Lipinski definition) is 4. The summed E-state index contributed by atoms with van der Waals surface area (Å²) in [6, 6.07) is 86.9. The zero-order valence-corrected chi connectivity index (χ0v) is 56.7. The summed E-state index contributed by atoms with van der Waals surface area (Å²) in [6.07, 6.45) is 6.64. The fourth-order valence-corrected chi connectivity index (χ4v) is 17.2. The lowest BCUT2D eigenvalue weighted by atomic mass is 9.36. The van der Waals surface area contributed by atoms with Gasteiger partial charge in [0.1, 0.15) is 0 Å². The van der Waals surface area contributed by atoms with Crippen LogP contribution in [-0.2, 0) is 27.1 Å². The lowest BCUT2D eigenvalue weighted by Crippen LogP contribution is -2.60. The zero-order chi connectivity index (χ0) is 63.4. The molecular formula is C86H88BN3S. The van der Waals surface area contributed by atoms with Crippen molar-refractivity contribution in [1.82, 2.24) is 0 Å². The fraction of sp³-hybridized carbons (Fsp3) is 0.279. The maximum absolute atomic E-state index is 2.82. The van der Waals surface area contributed by atoms with Gasteiger partial charge in [-0.05, 0) is 199 Å². The first kappa shape index (κ1) is 60.2. The normalized spacial score (nSPS) is 14.8. The third kappa shape index (κ3) is 10.1. The number of anilines is 9. The van der Waals surface area contributed by atoms with E-state index in [9.17, 15) is 0 Å². The van der Waals surface area contributed by atoms with Crippen LogP contribution in [0, 0.1) is 0 Å². The van der Waals surface area contributed by atoms with Gasteiger partial charge in [0.25, 0.3) is 6.71 Å². The van der Waals surface area contributed by atoms with Gasteiger partial charge < -0.3 is 14.7 Å². The Kier molecular flexibility index (Phi) is 15.1. The van der Waals surface area contributed by atoms with Crippen LogP contribution in [0.5, 0.6) is 0 Å². The molecule has 0 fully saturated rings. The van der Waals surface area contributed by atoms with Gasteiger partial charge >= 0.3 is 0 Å². The molecule has 1 aliphatic carbocycles. The molecule has 0 saturated carbocycles. The highest BCUT2D eigenvalue weighted by Crippen LogP contribution is 2.60. The summed E-state index contributed by atoms with van der Waals surface area (Å²) in [5.74, 6) is 0. The second-order valence-electron chi connectivity index (χ2n) is 29.5. The molecule has 11 aromatic rings. The van der Waals surface area contributed by atoms with E-state index in [2.05, 4.69) is 329 Å². The molecule has 10 aromatic carbocycles. The third-order valence-corrected chi connectivity index (χ3v) is 22.7. The highest BCUT2D eigenvalue weighted by molar-refractivity contribution is 7.33. The lowest BCUT2D eigenvalue weighted by Gasteiger charge is -2.51. The Morgan fingerprint density at radius 1 is 0.429 bits per heavy atom. The van der Waals surface area contributed by atoms with E-state index < -0.39 is 0 Å². The Morgan fingerprint density at radius 3 is 1.56 bits per heavy atom. The average molecular weight is 1210 g/mol. The van der Waals surface area contributed by atoms with Gasteiger partial charge in [-0.25, -0.2) is 0 Å². The van der Waals surface area contributed by atoms with Gasteiger partial charge in [0.15, 0.2) is 0 Å². The molecule has 3 heterocycles. The topological polar surface area (TPSA) is 9.72 Å². The van der Waals surface area contributed by atoms with Crippen molar-refractivity contribution in [1.29, 1.82) is 0 Å². The van der Waals surface area contributed by atoms with Crippen molar-refractivity contribution in [2.75, 3.05) is 14.7 Å². The summed E-state index contributed by atoms with van der Waals surface area (Å²) in [5.41, 5.74) is 27.8. The van der Waals surface area contributed by atoms with Crippen LogP contribution in [0.25, 0.3) is 43.5 Å². The summed E-state index contributed by atoms with van der Waals surface area (Å²) < 4.78 is 2.67. The van der Waals surface area contributed by atoms with Crippen LogP contribution < -0.4 is 30.4 Å². The molecule has 0 saturated heterocycles. The van der Waals surface area contributed by atoms with Gasteiger partial charge in [0.05, 0.1) is 17.1 Å². The predicted octanol–water partition coefficient (Wildman–Crippen LogP) is 23.3. The first-order chi connectivity index (χ1) is 43.8. The molecule has 0 unspecified atom stereocenters. The van der Waals surface area contributed by atoms with E-state index >= 15 is 0 Å². The molecule has 0 amide bonds. The van der Waals surface area contributed by atoms with E-state index in [0.717, 1.165) is 49.2 Å². The molecule has 5 heteroatoms. The Balaban J connectivity index is 1.13. The molecule has 14 rings (SSSR count). The molecule has 91 heavy (non-hydrogen) atoms. The summed E-state index contributed by atoms with van der Waals surface area (Å²) in [4.78, 5) is 8.05. The monoisotopic (exact) mass is 1210 g/mol. The number of nitrogens with zero attached hydrogens (tertiary/aromatic N) is 3. The molecule has 456 valence electrons. The molecule has 0 atom stereocenters. The highest BCUT2D eigenvalue weighted by atomic mass is 32.1. The van der Waals surface area contributed by atoms with Crippen LogP contribution in [0.2, 0.25) is 0 Å². The standard InChI is InChI=1S/C86H88BN3S/c1-14-85(15-2)52-53-86(16-3,17-4)77-70(85)48-47-67(58-30-23-19-24-31-58)79(77)90-74-35-27-34-73-78(74)87(81-80(89(73)65-44-39-62(40-45-65)83(8,9)10)69-54-60(36-51-76(69)91-81)57-28-21-18-22-29-57)71-49-46-66(56-75(71)90)88(64-42-37-61(38-43-64)82(5,6)7)72-50-41-63(84(11,12)13)55-68(72)59-32-25-20-26-33-59/h18-51,54-56H,14-17,52-53H2,1-13H3. The second kappa shape index (κ2) is 22.8. The van der Waals surface area contributed by atoms with E-state index in [4.69, 9.17) is 0 Å². The minimum Gasteiger partial charge on any atom is -0.310 e. The minimum atomic E-state index is -0.0816. The largest absolute Gasteiger partial charge is 0.310 e. The van der Waals surface area contributed by atoms with E-state index in [1.807, 2.05) is 11.3 Å². The van der Waals surface area contributed by atoms with Crippen molar-refractivity contribution in [3.8, 4) is 33.4 Å². The molecule has 0 radical (unpaired) electrons. The van der Waals surface area contributed by atoms with Crippen LogP contribution in [-0.4, -0.2) is 6.71 Å². The maximum Gasteiger partial charge on any atom is 0.264 e. The Labute approximate surface area is 547 Å². The van der Waals surface area contributed by atoms with Crippen molar-refractivity contribution >= 4 is 95.0 Å². The Hall–Kier alpha value is -8.38. The molecule has 0 spiro atoms. The summed E-state index contributed by atoms with van der Waals surface area (Å²) in [6.45, 7) is 30.7. The van der Waals surface area contributed by atoms with E-state index in [0.29, 0.717) is 0 Å². The summed E-state index contributed by atoms with van der Waals surface area (Å²) in [7, 11) is 0. The number of fused-ring (bicyclic) bond motifs is 7. The minimum absolute atomic E-state index is 0.000392. The van der Waals surface area contributed by atoms with Crippen LogP contribution in [0.4, 0.5) is 51.2 Å². The average Bonchev–Trinajstić information content (AvgIpc) is 1.66. The quantitative estimate of drug-likeness (QED) is 0.113. The van der Waals surface area contributed by atoms with Crippen molar-refractivity contribution in [3.63, 3.8) is 0 Å². The van der Waals surface area contributed by atoms with Crippen molar-refractivity contribution in [3.05, 3.63) is 252 Å². The summed E-state index contributed by atoms with van der Waals surface area (Å²) in [5, 5.41) is 1.28. The van der Waals surface area contributed by atoms with Crippen LogP contribution in [0.3, 0.4) is 0 Å². The van der Waals surface area contributed by atoms with Gasteiger partial charge in [-0.1, -0.05) is 242 Å². The van der Waals surface area contributed by atoms with E-state index in [1.165, 1.54) is 116 Å². The molecular weight excluding hydrogens is 1120 g/mol. The van der Waals surface area contributed by atoms with Gasteiger partial charge in [-0.3, -0.25) is 0 Å². The Bertz CT molecular complexity index is 4510. The first-order valence-corrected chi connectivity index (χ1v) is 34.5. The van der Waals surface area contributed by atoms with Gasteiger partial charge in [-0.2, -0.15) is 0 Å². The van der Waals surface area contributed by atoms with Crippen molar-refractivity contribution in [2.45, 2.75) is 156 Å². The lowest BCUT2D eigenvalue weighted by molar-refractivity contribution is 0.240. The highest BCUT2D eigenvalue weighted by Gasteiger charge is 2.50. The molecule has 3 nitrogen and oxygen atoms in total. The van der Waals surface area contributed by atoms with Crippen LogP contribution >= 0.6 is 11.3 Å². The number of thiophene rings is 1. The predicted molar refractivity (Wildman–Crippen MR) is 397 cm³/mol. The molecule has 1 aromatic heterocycles. The second-order valence-corrected chi connectivity index (χ2v) is 30.5. The smallest absolute Gasteiger partial charge is 0.264 e. The van der Waals surface area contributed by atoms with Crippen molar-refractivity contribution < 1.29 is 0 Å².